The monoisotopic (exact) mass is 181 g/mol. The summed E-state index contributed by atoms with van der Waals surface area (Å²) in [5.74, 6) is 0.918. The minimum atomic E-state index is 0.722. The number of aromatic nitrogens is 1. The third-order valence-electron chi connectivity index (χ3n) is 1.35. The van der Waals surface area contributed by atoms with Gasteiger partial charge in [0.2, 0.25) is 0 Å². The Morgan fingerprint density at radius 2 is 2.15 bits per heavy atom. The Labute approximate surface area is 80.4 Å². The van der Waals surface area contributed by atoms with Crippen molar-refractivity contribution in [1.82, 2.24) is 4.98 Å². The highest BCUT2D eigenvalue weighted by Crippen LogP contribution is 1.98. The summed E-state index contributed by atoms with van der Waals surface area (Å²) in [5.41, 5.74) is 5.33. The second-order valence-corrected chi connectivity index (χ2v) is 2.28. The SMILES string of the molecule is CC.NCCCNc1ccccn1. The summed E-state index contributed by atoms with van der Waals surface area (Å²) in [5, 5.41) is 3.15. The van der Waals surface area contributed by atoms with Crippen molar-refractivity contribution >= 4 is 5.82 Å². The third kappa shape index (κ3) is 6.11. The third-order valence-corrected chi connectivity index (χ3v) is 1.35. The summed E-state index contributed by atoms with van der Waals surface area (Å²) < 4.78 is 0. The van der Waals surface area contributed by atoms with E-state index in [0.717, 1.165) is 25.3 Å². The minimum absolute atomic E-state index is 0.722. The van der Waals surface area contributed by atoms with Gasteiger partial charge in [0, 0.05) is 12.7 Å². The van der Waals surface area contributed by atoms with Gasteiger partial charge in [-0.2, -0.15) is 0 Å². The molecule has 0 fully saturated rings. The number of hydrogen-bond acceptors (Lipinski definition) is 3. The van der Waals surface area contributed by atoms with Crippen molar-refractivity contribution < 1.29 is 0 Å². The van der Waals surface area contributed by atoms with Crippen molar-refractivity contribution in [2.75, 3.05) is 18.4 Å². The van der Waals surface area contributed by atoms with Gasteiger partial charge in [-0.1, -0.05) is 19.9 Å². The summed E-state index contributed by atoms with van der Waals surface area (Å²) in [6, 6.07) is 5.79. The van der Waals surface area contributed by atoms with E-state index >= 15 is 0 Å². The molecule has 0 aromatic carbocycles. The van der Waals surface area contributed by atoms with Gasteiger partial charge in [-0.05, 0) is 25.1 Å². The summed E-state index contributed by atoms with van der Waals surface area (Å²) in [6.07, 6.45) is 2.75. The van der Waals surface area contributed by atoms with Gasteiger partial charge in [0.05, 0.1) is 0 Å². The van der Waals surface area contributed by atoms with Crippen molar-refractivity contribution in [3.05, 3.63) is 24.4 Å². The van der Waals surface area contributed by atoms with Crippen LogP contribution in [0.1, 0.15) is 20.3 Å². The molecule has 1 aromatic heterocycles. The molecule has 1 heterocycles. The zero-order valence-electron chi connectivity index (χ0n) is 8.46. The molecule has 1 rings (SSSR count). The molecule has 0 aliphatic carbocycles. The lowest BCUT2D eigenvalue weighted by Crippen LogP contribution is -2.08. The maximum atomic E-state index is 5.33. The molecule has 74 valence electrons. The van der Waals surface area contributed by atoms with E-state index in [1.54, 1.807) is 6.20 Å². The summed E-state index contributed by atoms with van der Waals surface area (Å²) in [6.45, 7) is 5.62. The molecule has 0 radical (unpaired) electrons. The van der Waals surface area contributed by atoms with E-state index in [1.807, 2.05) is 32.0 Å². The predicted octanol–water partition coefficient (Wildman–Crippen LogP) is 1.87. The van der Waals surface area contributed by atoms with Crippen molar-refractivity contribution in [3.63, 3.8) is 0 Å². The molecule has 0 bridgehead atoms. The standard InChI is InChI=1S/C8H13N3.C2H6/c9-5-3-7-11-8-4-1-2-6-10-8;1-2/h1-2,4,6H,3,5,7,9H2,(H,10,11);1-2H3. The molecule has 3 N–H and O–H groups in total. The van der Waals surface area contributed by atoms with Gasteiger partial charge < -0.3 is 11.1 Å². The van der Waals surface area contributed by atoms with Gasteiger partial charge in [0.25, 0.3) is 0 Å². The van der Waals surface area contributed by atoms with E-state index in [-0.39, 0.29) is 0 Å². The molecule has 3 nitrogen and oxygen atoms in total. The fourth-order valence-electron chi connectivity index (χ4n) is 0.786. The molecule has 1 aromatic rings. The second kappa shape index (κ2) is 9.00. The van der Waals surface area contributed by atoms with Gasteiger partial charge in [0.1, 0.15) is 5.82 Å². The highest BCUT2D eigenvalue weighted by Gasteiger charge is 1.87. The lowest BCUT2D eigenvalue weighted by atomic mass is 10.4. The number of anilines is 1. The first-order valence-corrected chi connectivity index (χ1v) is 4.78. The van der Waals surface area contributed by atoms with Crippen LogP contribution >= 0.6 is 0 Å². The number of nitrogens with two attached hydrogens (primary N) is 1. The van der Waals surface area contributed by atoms with Crippen molar-refractivity contribution in [1.29, 1.82) is 0 Å². The van der Waals surface area contributed by atoms with Crippen LogP contribution in [0.5, 0.6) is 0 Å². The van der Waals surface area contributed by atoms with Crippen LogP contribution in [0.15, 0.2) is 24.4 Å². The molecule has 0 aliphatic rings. The van der Waals surface area contributed by atoms with E-state index in [4.69, 9.17) is 5.73 Å². The van der Waals surface area contributed by atoms with Crippen LogP contribution in [0.2, 0.25) is 0 Å². The molecular formula is C10H19N3. The Kier molecular flexibility index (Phi) is 8.25. The summed E-state index contributed by atoms with van der Waals surface area (Å²) in [4.78, 5) is 4.10. The first kappa shape index (κ1) is 11.9. The lowest BCUT2D eigenvalue weighted by molar-refractivity contribution is 0.870. The molecule has 0 atom stereocenters. The average Bonchev–Trinajstić information content (AvgIpc) is 2.23. The first-order chi connectivity index (χ1) is 6.43. The number of hydrogen-bond donors (Lipinski definition) is 2. The van der Waals surface area contributed by atoms with Crippen LogP contribution in [0.4, 0.5) is 5.82 Å². The first-order valence-electron chi connectivity index (χ1n) is 4.78. The molecule has 0 amide bonds. The summed E-state index contributed by atoms with van der Waals surface area (Å²) in [7, 11) is 0. The van der Waals surface area contributed by atoms with Gasteiger partial charge in [0.15, 0.2) is 0 Å². The second-order valence-electron chi connectivity index (χ2n) is 2.28. The number of rotatable bonds is 4. The predicted molar refractivity (Wildman–Crippen MR) is 57.7 cm³/mol. The van der Waals surface area contributed by atoms with Gasteiger partial charge in [-0.3, -0.25) is 0 Å². The highest BCUT2D eigenvalue weighted by atomic mass is 15.0. The number of pyridine rings is 1. The van der Waals surface area contributed by atoms with Crippen LogP contribution in [0.25, 0.3) is 0 Å². The van der Waals surface area contributed by atoms with E-state index in [2.05, 4.69) is 10.3 Å². The Bertz CT molecular complexity index is 187. The fourth-order valence-corrected chi connectivity index (χ4v) is 0.786. The quantitative estimate of drug-likeness (QED) is 0.697. The largest absolute Gasteiger partial charge is 0.370 e. The Hall–Kier alpha value is -1.09. The Morgan fingerprint density at radius 1 is 1.38 bits per heavy atom. The molecule has 0 saturated heterocycles. The van der Waals surface area contributed by atoms with Crippen molar-refractivity contribution in [2.24, 2.45) is 5.73 Å². The van der Waals surface area contributed by atoms with Crippen molar-refractivity contribution in [2.45, 2.75) is 20.3 Å². The topological polar surface area (TPSA) is 50.9 Å². The molecule has 3 heteroatoms. The molecule has 0 aliphatic heterocycles. The van der Waals surface area contributed by atoms with Crippen LogP contribution in [0, 0.1) is 0 Å². The molecular weight excluding hydrogens is 162 g/mol. The molecule has 0 saturated carbocycles. The van der Waals surface area contributed by atoms with Crippen LogP contribution in [0.3, 0.4) is 0 Å². The smallest absolute Gasteiger partial charge is 0.125 e. The number of nitrogens with one attached hydrogen (secondary N) is 1. The summed E-state index contributed by atoms with van der Waals surface area (Å²) >= 11 is 0. The highest BCUT2D eigenvalue weighted by molar-refractivity contribution is 5.32. The van der Waals surface area contributed by atoms with Gasteiger partial charge >= 0.3 is 0 Å². The van der Waals surface area contributed by atoms with E-state index in [9.17, 15) is 0 Å². The zero-order chi connectivity index (χ0) is 9.94. The molecule has 13 heavy (non-hydrogen) atoms. The van der Waals surface area contributed by atoms with E-state index in [1.165, 1.54) is 0 Å². The van der Waals surface area contributed by atoms with E-state index < -0.39 is 0 Å². The normalized spacial score (nSPS) is 8.54. The zero-order valence-corrected chi connectivity index (χ0v) is 8.46. The van der Waals surface area contributed by atoms with Gasteiger partial charge in [-0.15, -0.1) is 0 Å². The fraction of sp³-hybridized carbons (Fsp3) is 0.500. The Balaban J connectivity index is 0.000000671. The number of nitrogens with zero attached hydrogens (tertiary/aromatic N) is 1. The minimum Gasteiger partial charge on any atom is -0.370 e. The van der Waals surface area contributed by atoms with Crippen LogP contribution < -0.4 is 11.1 Å². The van der Waals surface area contributed by atoms with Crippen LogP contribution in [-0.2, 0) is 0 Å². The molecule has 0 spiro atoms. The maximum absolute atomic E-state index is 5.33. The van der Waals surface area contributed by atoms with E-state index in [0.29, 0.717) is 0 Å². The Morgan fingerprint density at radius 3 is 2.69 bits per heavy atom. The molecule has 0 unspecified atom stereocenters. The van der Waals surface area contributed by atoms with Crippen molar-refractivity contribution in [3.8, 4) is 0 Å². The lowest BCUT2D eigenvalue weighted by Gasteiger charge is -2.02. The maximum Gasteiger partial charge on any atom is 0.125 e. The average molecular weight is 181 g/mol. The van der Waals surface area contributed by atoms with Crippen LogP contribution in [-0.4, -0.2) is 18.1 Å². The van der Waals surface area contributed by atoms with Gasteiger partial charge in [-0.25, -0.2) is 4.98 Å².